The van der Waals surface area contributed by atoms with Crippen LogP contribution in [0.25, 0.3) is 0 Å². The van der Waals surface area contributed by atoms with E-state index in [1.54, 1.807) is 12.1 Å². The van der Waals surface area contributed by atoms with E-state index >= 15 is 0 Å². The molecule has 0 amide bonds. The van der Waals surface area contributed by atoms with E-state index < -0.39 is 5.97 Å². The predicted octanol–water partition coefficient (Wildman–Crippen LogP) is 0.825. The standard InChI is InChI=1S/C11H17N3O2/c1-12-6-3-7-14(2)10-5-4-9(8-13-10)11(15)16/h4-5,8,12H,3,6-7H2,1-2H3,(H,15,16). The van der Waals surface area contributed by atoms with Crippen LogP contribution in [0.5, 0.6) is 0 Å². The molecule has 5 nitrogen and oxygen atoms in total. The number of nitrogens with zero attached hydrogens (tertiary/aromatic N) is 2. The van der Waals surface area contributed by atoms with Gasteiger partial charge in [0.2, 0.25) is 0 Å². The van der Waals surface area contributed by atoms with Crippen LogP contribution in [0.2, 0.25) is 0 Å². The van der Waals surface area contributed by atoms with Crippen LogP contribution in [-0.2, 0) is 0 Å². The highest BCUT2D eigenvalue weighted by Gasteiger charge is 2.05. The molecule has 2 N–H and O–H groups in total. The topological polar surface area (TPSA) is 65.5 Å². The number of carboxylic acid groups (broad SMARTS) is 1. The molecule has 0 fully saturated rings. The van der Waals surface area contributed by atoms with Gasteiger partial charge in [-0.05, 0) is 32.1 Å². The van der Waals surface area contributed by atoms with Gasteiger partial charge in [-0.1, -0.05) is 0 Å². The second-order valence-corrected chi connectivity index (χ2v) is 3.59. The molecule has 0 aliphatic rings. The molecular formula is C11H17N3O2. The van der Waals surface area contributed by atoms with E-state index in [4.69, 9.17) is 5.11 Å². The Morgan fingerprint density at radius 3 is 2.81 bits per heavy atom. The minimum atomic E-state index is -0.947. The van der Waals surface area contributed by atoms with Crippen LogP contribution in [0.1, 0.15) is 16.8 Å². The fraction of sp³-hybridized carbons (Fsp3) is 0.455. The SMILES string of the molecule is CNCCCN(C)c1ccc(C(=O)O)cn1. The van der Waals surface area contributed by atoms with Crippen molar-refractivity contribution in [2.45, 2.75) is 6.42 Å². The van der Waals surface area contributed by atoms with E-state index in [2.05, 4.69) is 10.3 Å². The normalized spacial score (nSPS) is 10.1. The zero-order chi connectivity index (χ0) is 12.0. The summed E-state index contributed by atoms with van der Waals surface area (Å²) in [6, 6.07) is 3.29. The van der Waals surface area contributed by atoms with Crippen LogP contribution in [0, 0.1) is 0 Å². The van der Waals surface area contributed by atoms with Crippen LogP contribution >= 0.6 is 0 Å². The summed E-state index contributed by atoms with van der Waals surface area (Å²) in [5.74, 6) is -0.155. The Hall–Kier alpha value is -1.62. The molecule has 0 aromatic carbocycles. The Bertz CT molecular complexity index is 338. The zero-order valence-electron chi connectivity index (χ0n) is 9.60. The van der Waals surface area contributed by atoms with Crippen molar-refractivity contribution in [1.29, 1.82) is 0 Å². The van der Waals surface area contributed by atoms with Gasteiger partial charge in [0.15, 0.2) is 0 Å². The highest BCUT2D eigenvalue weighted by atomic mass is 16.4. The molecule has 1 heterocycles. The first-order valence-electron chi connectivity index (χ1n) is 5.20. The van der Waals surface area contributed by atoms with Crippen molar-refractivity contribution in [1.82, 2.24) is 10.3 Å². The van der Waals surface area contributed by atoms with E-state index in [0.29, 0.717) is 0 Å². The van der Waals surface area contributed by atoms with Crippen LogP contribution in [0.3, 0.4) is 0 Å². The van der Waals surface area contributed by atoms with Crippen molar-refractivity contribution in [3.05, 3.63) is 23.9 Å². The van der Waals surface area contributed by atoms with Crippen LogP contribution in [-0.4, -0.2) is 43.2 Å². The lowest BCUT2D eigenvalue weighted by molar-refractivity contribution is 0.0696. The molecule has 0 aliphatic heterocycles. The molecule has 0 saturated carbocycles. The second-order valence-electron chi connectivity index (χ2n) is 3.59. The summed E-state index contributed by atoms with van der Waals surface area (Å²) in [5.41, 5.74) is 0.215. The highest BCUT2D eigenvalue weighted by molar-refractivity contribution is 5.87. The minimum absolute atomic E-state index is 0.215. The first-order valence-corrected chi connectivity index (χ1v) is 5.20. The molecule has 0 atom stereocenters. The van der Waals surface area contributed by atoms with Crippen molar-refractivity contribution in [2.24, 2.45) is 0 Å². The summed E-state index contributed by atoms with van der Waals surface area (Å²) in [4.78, 5) is 16.7. The molecule has 1 rings (SSSR count). The maximum Gasteiger partial charge on any atom is 0.337 e. The third kappa shape index (κ3) is 3.51. The Balaban J connectivity index is 2.56. The number of rotatable bonds is 6. The number of carboxylic acids is 1. The van der Waals surface area contributed by atoms with Gasteiger partial charge in [-0.25, -0.2) is 9.78 Å². The molecule has 0 spiro atoms. The Morgan fingerprint density at radius 2 is 2.31 bits per heavy atom. The number of pyridine rings is 1. The maximum atomic E-state index is 10.6. The summed E-state index contributed by atoms with van der Waals surface area (Å²) in [6.45, 7) is 1.85. The molecule has 16 heavy (non-hydrogen) atoms. The third-order valence-corrected chi connectivity index (χ3v) is 2.31. The number of aromatic carboxylic acids is 1. The number of nitrogens with one attached hydrogen (secondary N) is 1. The number of carbonyl (C=O) groups is 1. The van der Waals surface area contributed by atoms with Gasteiger partial charge in [0.05, 0.1) is 5.56 Å². The van der Waals surface area contributed by atoms with Crippen LogP contribution < -0.4 is 10.2 Å². The van der Waals surface area contributed by atoms with Crippen molar-refractivity contribution in [3.8, 4) is 0 Å². The minimum Gasteiger partial charge on any atom is -0.478 e. The fourth-order valence-corrected chi connectivity index (χ4v) is 1.35. The lowest BCUT2D eigenvalue weighted by Gasteiger charge is -2.17. The summed E-state index contributed by atoms with van der Waals surface area (Å²) < 4.78 is 0. The zero-order valence-corrected chi connectivity index (χ0v) is 9.60. The molecular weight excluding hydrogens is 206 g/mol. The Morgan fingerprint density at radius 1 is 1.56 bits per heavy atom. The van der Waals surface area contributed by atoms with Crippen molar-refractivity contribution in [2.75, 3.05) is 32.1 Å². The van der Waals surface area contributed by atoms with E-state index in [-0.39, 0.29) is 5.56 Å². The van der Waals surface area contributed by atoms with Gasteiger partial charge in [0.1, 0.15) is 5.82 Å². The number of anilines is 1. The van der Waals surface area contributed by atoms with Crippen molar-refractivity contribution >= 4 is 11.8 Å². The van der Waals surface area contributed by atoms with Gasteiger partial charge in [0.25, 0.3) is 0 Å². The average molecular weight is 223 g/mol. The summed E-state index contributed by atoms with van der Waals surface area (Å²) in [7, 11) is 3.86. The maximum absolute atomic E-state index is 10.6. The monoisotopic (exact) mass is 223 g/mol. The second kappa shape index (κ2) is 6.07. The quantitative estimate of drug-likeness (QED) is 0.699. The van der Waals surface area contributed by atoms with Gasteiger partial charge in [-0.2, -0.15) is 0 Å². The average Bonchev–Trinajstić information content (AvgIpc) is 2.29. The first kappa shape index (κ1) is 12.4. The molecule has 0 unspecified atom stereocenters. The number of hydrogen-bond donors (Lipinski definition) is 2. The summed E-state index contributed by atoms with van der Waals surface area (Å²) in [6.07, 6.45) is 2.40. The fourth-order valence-electron chi connectivity index (χ4n) is 1.35. The summed E-state index contributed by atoms with van der Waals surface area (Å²) >= 11 is 0. The first-order chi connectivity index (χ1) is 7.65. The highest BCUT2D eigenvalue weighted by Crippen LogP contribution is 2.09. The van der Waals surface area contributed by atoms with E-state index in [1.165, 1.54) is 6.20 Å². The summed E-state index contributed by atoms with van der Waals surface area (Å²) in [5, 5.41) is 11.8. The lowest BCUT2D eigenvalue weighted by Crippen LogP contribution is -2.23. The van der Waals surface area contributed by atoms with Gasteiger partial charge < -0.3 is 15.3 Å². The molecule has 0 bridgehead atoms. The molecule has 88 valence electrons. The van der Waals surface area contributed by atoms with Gasteiger partial charge in [-0.15, -0.1) is 0 Å². The smallest absolute Gasteiger partial charge is 0.337 e. The van der Waals surface area contributed by atoms with Gasteiger partial charge in [0, 0.05) is 19.8 Å². The van der Waals surface area contributed by atoms with Crippen molar-refractivity contribution < 1.29 is 9.90 Å². The van der Waals surface area contributed by atoms with Crippen molar-refractivity contribution in [3.63, 3.8) is 0 Å². The van der Waals surface area contributed by atoms with E-state index in [1.807, 2.05) is 19.0 Å². The molecule has 0 aliphatic carbocycles. The van der Waals surface area contributed by atoms with E-state index in [0.717, 1.165) is 25.3 Å². The van der Waals surface area contributed by atoms with Crippen LogP contribution in [0.15, 0.2) is 18.3 Å². The predicted molar refractivity (Wildman–Crippen MR) is 63.0 cm³/mol. The molecule has 0 saturated heterocycles. The number of aromatic nitrogens is 1. The number of hydrogen-bond acceptors (Lipinski definition) is 4. The molecule has 1 aromatic heterocycles. The van der Waals surface area contributed by atoms with Crippen LogP contribution in [0.4, 0.5) is 5.82 Å². The largest absolute Gasteiger partial charge is 0.478 e. The van der Waals surface area contributed by atoms with Gasteiger partial charge >= 0.3 is 5.97 Å². The Kier molecular flexibility index (Phi) is 4.72. The molecule has 1 aromatic rings. The third-order valence-electron chi connectivity index (χ3n) is 2.31. The Labute approximate surface area is 95.1 Å². The molecule has 5 heteroatoms. The van der Waals surface area contributed by atoms with E-state index in [9.17, 15) is 4.79 Å². The molecule has 0 radical (unpaired) electrons. The van der Waals surface area contributed by atoms with Gasteiger partial charge in [-0.3, -0.25) is 0 Å². The lowest BCUT2D eigenvalue weighted by atomic mass is 10.3.